The lowest BCUT2D eigenvalue weighted by atomic mass is 9.96. The molecule has 1 unspecified atom stereocenters. The average Bonchev–Trinajstić information content (AvgIpc) is 2.66. The fraction of sp³-hybridized carbons (Fsp3) is 1.00. The zero-order chi connectivity index (χ0) is 12.8. The van der Waals surface area contributed by atoms with Gasteiger partial charge in [-0.05, 0) is 32.4 Å². The van der Waals surface area contributed by atoms with E-state index < -0.39 is 0 Å². The van der Waals surface area contributed by atoms with Crippen LogP contribution in [-0.4, -0.2) is 49.1 Å². The zero-order valence-electron chi connectivity index (χ0n) is 12.5. The lowest BCUT2D eigenvalue weighted by molar-refractivity contribution is 0.0882. The molecule has 0 aromatic rings. The summed E-state index contributed by atoms with van der Waals surface area (Å²) in [5.41, 5.74) is 0. The summed E-state index contributed by atoms with van der Waals surface area (Å²) < 4.78 is 0. The molecule has 1 aliphatic carbocycles. The molecule has 1 saturated carbocycles. The highest BCUT2D eigenvalue weighted by atomic mass is 15.3. The number of piperazine rings is 1. The van der Waals surface area contributed by atoms with Crippen molar-refractivity contribution in [1.82, 2.24) is 9.80 Å². The van der Waals surface area contributed by atoms with Crippen molar-refractivity contribution in [3.8, 4) is 0 Å². The lowest BCUT2D eigenvalue weighted by Crippen LogP contribution is -2.51. The molecule has 0 radical (unpaired) electrons. The van der Waals surface area contributed by atoms with Gasteiger partial charge in [0.25, 0.3) is 0 Å². The van der Waals surface area contributed by atoms with Gasteiger partial charge in [-0.1, -0.05) is 45.4 Å². The third-order valence-electron chi connectivity index (χ3n) is 5.16. The van der Waals surface area contributed by atoms with Crippen LogP contribution in [0, 0.1) is 5.92 Å². The maximum atomic E-state index is 2.72. The highest BCUT2D eigenvalue weighted by molar-refractivity contribution is 4.79. The molecule has 2 aliphatic rings. The van der Waals surface area contributed by atoms with E-state index in [4.69, 9.17) is 0 Å². The minimum Gasteiger partial charge on any atom is -0.301 e. The van der Waals surface area contributed by atoms with E-state index in [1.54, 1.807) is 0 Å². The number of hydrogen-bond donors (Lipinski definition) is 0. The van der Waals surface area contributed by atoms with Crippen LogP contribution in [0.3, 0.4) is 0 Å². The van der Waals surface area contributed by atoms with Crippen LogP contribution in [0.2, 0.25) is 0 Å². The normalized spacial score (nSPS) is 29.3. The van der Waals surface area contributed by atoms with Crippen LogP contribution >= 0.6 is 0 Å². The first kappa shape index (κ1) is 14.3. The molecule has 0 bridgehead atoms. The summed E-state index contributed by atoms with van der Waals surface area (Å²) >= 11 is 0. The Bertz CT molecular complexity index is 221. The monoisotopic (exact) mass is 252 g/mol. The average molecular weight is 252 g/mol. The maximum Gasteiger partial charge on any atom is 0.0218 e. The van der Waals surface area contributed by atoms with E-state index in [-0.39, 0.29) is 0 Å². The Labute approximate surface area is 114 Å². The molecule has 0 amide bonds. The summed E-state index contributed by atoms with van der Waals surface area (Å²) in [6, 6.07) is 0.799. The van der Waals surface area contributed by atoms with Crippen LogP contribution in [0.5, 0.6) is 0 Å². The third-order valence-corrected chi connectivity index (χ3v) is 5.16. The van der Waals surface area contributed by atoms with Crippen molar-refractivity contribution >= 4 is 0 Å². The van der Waals surface area contributed by atoms with Crippen molar-refractivity contribution in [3.05, 3.63) is 0 Å². The largest absolute Gasteiger partial charge is 0.301 e. The van der Waals surface area contributed by atoms with E-state index in [1.165, 1.54) is 77.5 Å². The van der Waals surface area contributed by atoms with Gasteiger partial charge in [0.1, 0.15) is 0 Å². The first-order chi connectivity index (χ1) is 8.79. The summed E-state index contributed by atoms with van der Waals surface area (Å²) in [6.45, 7) is 7.55. The molecule has 1 aliphatic heterocycles. The van der Waals surface area contributed by atoms with E-state index in [0.29, 0.717) is 0 Å². The van der Waals surface area contributed by atoms with Crippen LogP contribution < -0.4 is 0 Å². The molecule has 2 nitrogen and oxygen atoms in total. The highest BCUT2D eigenvalue weighted by Crippen LogP contribution is 2.26. The quantitative estimate of drug-likeness (QED) is 0.708. The fourth-order valence-corrected chi connectivity index (χ4v) is 3.67. The molecule has 2 fully saturated rings. The van der Waals surface area contributed by atoms with Gasteiger partial charge in [0.15, 0.2) is 0 Å². The van der Waals surface area contributed by atoms with Gasteiger partial charge in [-0.25, -0.2) is 0 Å². The van der Waals surface area contributed by atoms with Gasteiger partial charge >= 0.3 is 0 Å². The molecule has 0 spiro atoms. The van der Waals surface area contributed by atoms with Crippen LogP contribution in [-0.2, 0) is 0 Å². The SMILES string of the molecule is CCC1CN(CCC2CCCCCC2)CCN1C. The van der Waals surface area contributed by atoms with E-state index in [0.717, 1.165) is 12.0 Å². The summed E-state index contributed by atoms with van der Waals surface area (Å²) in [6.07, 6.45) is 11.7. The first-order valence-corrected chi connectivity index (χ1v) is 8.22. The summed E-state index contributed by atoms with van der Waals surface area (Å²) in [5, 5.41) is 0. The minimum absolute atomic E-state index is 0.799. The summed E-state index contributed by atoms with van der Waals surface area (Å²) in [7, 11) is 2.29. The van der Waals surface area contributed by atoms with E-state index in [1.807, 2.05) is 0 Å². The molecule has 1 heterocycles. The first-order valence-electron chi connectivity index (χ1n) is 8.22. The third kappa shape index (κ3) is 4.24. The molecule has 1 saturated heterocycles. The zero-order valence-corrected chi connectivity index (χ0v) is 12.5. The Balaban J connectivity index is 1.69. The summed E-state index contributed by atoms with van der Waals surface area (Å²) in [4.78, 5) is 5.27. The van der Waals surface area contributed by atoms with E-state index >= 15 is 0 Å². The van der Waals surface area contributed by atoms with Crippen molar-refractivity contribution in [1.29, 1.82) is 0 Å². The van der Waals surface area contributed by atoms with Crippen LogP contribution in [0.4, 0.5) is 0 Å². The topological polar surface area (TPSA) is 6.48 Å². The molecule has 0 N–H and O–H groups in total. The second kappa shape index (κ2) is 7.49. The van der Waals surface area contributed by atoms with Crippen molar-refractivity contribution in [2.45, 2.75) is 64.3 Å². The summed E-state index contributed by atoms with van der Waals surface area (Å²) in [5.74, 6) is 1.03. The van der Waals surface area contributed by atoms with Gasteiger partial charge < -0.3 is 9.80 Å². The Hall–Kier alpha value is -0.0800. The number of likely N-dealkylation sites (N-methyl/N-ethyl adjacent to an activating group) is 1. The van der Waals surface area contributed by atoms with Gasteiger partial charge in [-0.2, -0.15) is 0 Å². The smallest absolute Gasteiger partial charge is 0.0218 e. The second-order valence-corrected chi connectivity index (χ2v) is 6.49. The molecule has 2 rings (SSSR count). The highest BCUT2D eigenvalue weighted by Gasteiger charge is 2.23. The maximum absolute atomic E-state index is 2.72. The van der Waals surface area contributed by atoms with Crippen molar-refractivity contribution < 1.29 is 0 Å². The Morgan fingerprint density at radius 3 is 2.39 bits per heavy atom. The Morgan fingerprint density at radius 2 is 1.72 bits per heavy atom. The van der Waals surface area contributed by atoms with Crippen LogP contribution in [0.1, 0.15) is 58.3 Å². The van der Waals surface area contributed by atoms with Crippen molar-refractivity contribution in [2.75, 3.05) is 33.2 Å². The molecule has 1 atom stereocenters. The predicted molar refractivity (Wildman–Crippen MR) is 79.0 cm³/mol. The fourth-order valence-electron chi connectivity index (χ4n) is 3.67. The Morgan fingerprint density at radius 1 is 1.00 bits per heavy atom. The minimum atomic E-state index is 0.799. The molecule has 106 valence electrons. The van der Waals surface area contributed by atoms with Crippen LogP contribution in [0.25, 0.3) is 0 Å². The molecule has 2 heteroatoms. The molecule has 0 aromatic heterocycles. The van der Waals surface area contributed by atoms with Crippen molar-refractivity contribution in [2.24, 2.45) is 5.92 Å². The van der Waals surface area contributed by atoms with Gasteiger partial charge in [0.2, 0.25) is 0 Å². The standard InChI is InChI=1S/C16H32N2/c1-3-16-14-18(13-12-17(16)2)11-10-15-8-6-4-5-7-9-15/h15-16H,3-14H2,1-2H3. The number of hydrogen-bond acceptors (Lipinski definition) is 2. The molecular weight excluding hydrogens is 220 g/mol. The van der Waals surface area contributed by atoms with Gasteiger partial charge in [-0.3, -0.25) is 0 Å². The van der Waals surface area contributed by atoms with Gasteiger partial charge in [0, 0.05) is 25.7 Å². The molecule has 18 heavy (non-hydrogen) atoms. The van der Waals surface area contributed by atoms with Crippen LogP contribution in [0.15, 0.2) is 0 Å². The van der Waals surface area contributed by atoms with E-state index in [2.05, 4.69) is 23.8 Å². The predicted octanol–water partition coefficient (Wildman–Crippen LogP) is 3.37. The van der Waals surface area contributed by atoms with Crippen molar-refractivity contribution in [3.63, 3.8) is 0 Å². The lowest BCUT2D eigenvalue weighted by Gasteiger charge is -2.39. The molecular formula is C16H32N2. The number of rotatable bonds is 4. The van der Waals surface area contributed by atoms with Gasteiger partial charge in [-0.15, -0.1) is 0 Å². The number of nitrogens with zero attached hydrogens (tertiary/aromatic N) is 2. The molecule has 0 aromatic carbocycles. The second-order valence-electron chi connectivity index (χ2n) is 6.49. The van der Waals surface area contributed by atoms with E-state index in [9.17, 15) is 0 Å². The van der Waals surface area contributed by atoms with Gasteiger partial charge in [0.05, 0.1) is 0 Å². The Kier molecular flexibility index (Phi) is 5.97.